The van der Waals surface area contributed by atoms with Crippen molar-refractivity contribution in [1.82, 2.24) is 19.5 Å². The molecule has 0 aliphatic carbocycles. The third-order valence-corrected chi connectivity index (χ3v) is 7.14. The topological polar surface area (TPSA) is 103 Å². The highest BCUT2D eigenvalue weighted by atomic mass is 35.5. The Bertz CT molecular complexity index is 1510. The van der Waals surface area contributed by atoms with Crippen LogP contribution in [0.5, 0.6) is 5.75 Å². The van der Waals surface area contributed by atoms with Gasteiger partial charge in [0.1, 0.15) is 11.4 Å². The molecular formula is C24H23ClN4O4S. The van der Waals surface area contributed by atoms with Gasteiger partial charge >= 0.3 is 0 Å². The van der Waals surface area contributed by atoms with Crippen LogP contribution in [0.2, 0.25) is 5.02 Å². The monoisotopic (exact) mass is 498 g/mol. The lowest BCUT2D eigenvalue weighted by Crippen LogP contribution is -2.32. The van der Waals surface area contributed by atoms with Crippen molar-refractivity contribution >= 4 is 38.6 Å². The van der Waals surface area contributed by atoms with Gasteiger partial charge in [0.25, 0.3) is 5.91 Å². The number of nitrogens with zero attached hydrogens (tertiary/aromatic N) is 3. The van der Waals surface area contributed by atoms with Crippen LogP contribution < -0.4 is 9.46 Å². The van der Waals surface area contributed by atoms with E-state index >= 15 is 0 Å². The number of carbonyl (C=O) groups excluding carboxylic acids is 1. The van der Waals surface area contributed by atoms with Crippen molar-refractivity contribution in [2.24, 2.45) is 0 Å². The van der Waals surface area contributed by atoms with Crippen molar-refractivity contribution in [2.45, 2.75) is 20.8 Å². The van der Waals surface area contributed by atoms with Gasteiger partial charge in [-0.3, -0.25) is 4.79 Å². The summed E-state index contributed by atoms with van der Waals surface area (Å²) in [7, 11) is -2.19. The second-order valence-corrected chi connectivity index (χ2v) is 10.2. The normalized spacial score (nSPS) is 11.6. The van der Waals surface area contributed by atoms with E-state index in [-0.39, 0.29) is 11.4 Å². The lowest BCUT2D eigenvalue weighted by molar-refractivity contribution is 0.0977. The summed E-state index contributed by atoms with van der Waals surface area (Å²) in [5.74, 6) is -0.362. The fourth-order valence-electron chi connectivity index (χ4n) is 3.56. The van der Waals surface area contributed by atoms with Gasteiger partial charge < -0.3 is 4.74 Å². The summed E-state index contributed by atoms with van der Waals surface area (Å²) in [5, 5.41) is 5.96. The number of nitrogens with one attached hydrogen (secondary N) is 1. The van der Waals surface area contributed by atoms with Gasteiger partial charge in [0, 0.05) is 5.02 Å². The molecule has 10 heteroatoms. The summed E-state index contributed by atoms with van der Waals surface area (Å²) in [6.07, 6.45) is 0. The minimum absolute atomic E-state index is 0.0466. The maximum Gasteiger partial charge on any atom is 0.283 e. The van der Waals surface area contributed by atoms with Crippen LogP contribution in [-0.4, -0.2) is 42.0 Å². The first-order valence-corrected chi connectivity index (χ1v) is 12.5. The van der Waals surface area contributed by atoms with Crippen molar-refractivity contribution in [2.75, 3.05) is 12.9 Å². The Morgan fingerprint density at radius 3 is 2.44 bits per heavy atom. The van der Waals surface area contributed by atoms with Crippen LogP contribution in [0.25, 0.3) is 27.8 Å². The number of ether oxygens (including phenoxy) is 1. The number of pyridine rings is 1. The standard InChI is InChI=1S/C24H23ClN4O4S/c1-5-34(31,32)28-24(30)21-13-19(16-7-10-18(33-4)11-8-16)22-15(3)27-29(23(22)26-21)17-9-6-14(2)20(25)12-17/h6-13H,5H2,1-4H3,(H,28,30). The predicted molar refractivity (Wildman–Crippen MR) is 132 cm³/mol. The molecule has 34 heavy (non-hydrogen) atoms. The van der Waals surface area contributed by atoms with E-state index in [4.69, 9.17) is 16.3 Å². The summed E-state index contributed by atoms with van der Waals surface area (Å²) in [4.78, 5) is 17.4. The Hall–Kier alpha value is -3.43. The Balaban J connectivity index is 1.99. The molecule has 0 aliphatic rings. The number of aryl methyl sites for hydroxylation is 2. The zero-order valence-corrected chi connectivity index (χ0v) is 20.7. The molecule has 2 aromatic heterocycles. The van der Waals surface area contributed by atoms with Crippen LogP contribution in [0.15, 0.2) is 48.5 Å². The molecule has 0 atom stereocenters. The fourth-order valence-corrected chi connectivity index (χ4v) is 4.27. The van der Waals surface area contributed by atoms with Crippen molar-refractivity contribution in [3.8, 4) is 22.6 Å². The second kappa shape index (κ2) is 9.08. The number of amides is 1. The van der Waals surface area contributed by atoms with Gasteiger partial charge in [0.2, 0.25) is 10.0 Å². The molecule has 1 N–H and O–H groups in total. The fraction of sp³-hybridized carbons (Fsp3) is 0.208. The Morgan fingerprint density at radius 2 is 1.82 bits per heavy atom. The van der Waals surface area contributed by atoms with Gasteiger partial charge in [-0.15, -0.1) is 0 Å². The van der Waals surface area contributed by atoms with E-state index in [0.29, 0.717) is 33.4 Å². The number of methoxy groups -OCH3 is 1. The average Bonchev–Trinajstić information content (AvgIpc) is 3.16. The van der Waals surface area contributed by atoms with Crippen molar-refractivity contribution in [3.05, 3.63) is 70.5 Å². The summed E-state index contributed by atoms with van der Waals surface area (Å²) in [6.45, 7) is 5.20. The molecule has 176 valence electrons. The average molecular weight is 499 g/mol. The largest absolute Gasteiger partial charge is 0.497 e. The molecule has 4 aromatic rings. The molecule has 0 fully saturated rings. The van der Waals surface area contributed by atoms with Gasteiger partial charge in [0.15, 0.2) is 5.65 Å². The molecule has 0 bridgehead atoms. The van der Waals surface area contributed by atoms with Crippen LogP contribution in [-0.2, 0) is 10.0 Å². The lowest BCUT2D eigenvalue weighted by atomic mass is 10.0. The number of aromatic nitrogens is 3. The van der Waals surface area contributed by atoms with Crippen molar-refractivity contribution in [1.29, 1.82) is 0 Å². The minimum Gasteiger partial charge on any atom is -0.497 e. The molecular weight excluding hydrogens is 476 g/mol. The highest BCUT2D eigenvalue weighted by molar-refractivity contribution is 7.90. The molecule has 0 saturated heterocycles. The van der Waals surface area contributed by atoms with Gasteiger partial charge in [-0.2, -0.15) is 5.10 Å². The van der Waals surface area contributed by atoms with Crippen molar-refractivity contribution in [3.63, 3.8) is 0 Å². The first-order valence-electron chi connectivity index (χ1n) is 10.5. The first-order chi connectivity index (χ1) is 16.1. The van der Waals surface area contributed by atoms with Gasteiger partial charge in [-0.05, 0) is 67.8 Å². The quantitative estimate of drug-likeness (QED) is 0.421. The Morgan fingerprint density at radius 1 is 1.12 bits per heavy atom. The van der Waals surface area contributed by atoms with E-state index in [9.17, 15) is 13.2 Å². The summed E-state index contributed by atoms with van der Waals surface area (Å²) in [6, 6.07) is 14.4. The van der Waals surface area contributed by atoms with Crippen molar-refractivity contribution < 1.29 is 17.9 Å². The van der Waals surface area contributed by atoms with E-state index in [2.05, 4.69) is 14.8 Å². The summed E-state index contributed by atoms with van der Waals surface area (Å²) >= 11 is 6.34. The molecule has 1 amide bonds. The third-order valence-electron chi connectivity index (χ3n) is 5.47. The number of halogens is 1. The van der Waals surface area contributed by atoms with Gasteiger partial charge in [-0.1, -0.05) is 29.8 Å². The van der Waals surface area contributed by atoms with Crippen LogP contribution in [0.1, 0.15) is 28.7 Å². The number of carbonyl (C=O) groups is 1. The molecule has 2 heterocycles. The molecule has 0 unspecified atom stereocenters. The molecule has 4 rings (SSSR count). The zero-order valence-electron chi connectivity index (χ0n) is 19.1. The predicted octanol–water partition coefficient (Wildman–Crippen LogP) is 4.45. The zero-order chi connectivity index (χ0) is 24.6. The van der Waals surface area contributed by atoms with Crippen LogP contribution >= 0.6 is 11.6 Å². The Labute approximate surface area is 202 Å². The van der Waals surface area contributed by atoms with Crippen LogP contribution in [0, 0.1) is 13.8 Å². The van der Waals surface area contributed by atoms with Crippen LogP contribution in [0.3, 0.4) is 0 Å². The van der Waals surface area contributed by atoms with E-state index in [1.165, 1.54) is 6.92 Å². The smallest absolute Gasteiger partial charge is 0.283 e. The molecule has 8 nitrogen and oxygen atoms in total. The highest BCUT2D eigenvalue weighted by Crippen LogP contribution is 2.33. The van der Waals surface area contributed by atoms with E-state index in [0.717, 1.165) is 16.5 Å². The molecule has 0 saturated carbocycles. The SMILES string of the molecule is CCS(=O)(=O)NC(=O)c1cc(-c2ccc(OC)cc2)c2c(C)nn(-c3ccc(C)c(Cl)c3)c2n1. The second-order valence-electron chi connectivity index (χ2n) is 7.75. The van der Waals surface area contributed by atoms with E-state index < -0.39 is 15.9 Å². The summed E-state index contributed by atoms with van der Waals surface area (Å²) < 4.78 is 33.0. The number of benzene rings is 2. The third kappa shape index (κ3) is 4.49. The number of sulfonamides is 1. The molecule has 0 spiro atoms. The minimum atomic E-state index is -3.77. The first kappa shape index (κ1) is 23.7. The molecule has 0 aliphatic heterocycles. The molecule has 2 aromatic carbocycles. The Kier molecular flexibility index (Phi) is 6.33. The highest BCUT2D eigenvalue weighted by Gasteiger charge is 2.22. The molecule has 0 radical (unpaired) electrons. The van der Waals surface area contributed by atoms with Gasteiger partial charge in [-0.25, -0.2) is 22.8 Å². The van der Waals surface area contributed by atoms with E-state index in [1.54, 1.807) is 23.9 Å². The number of rotatable bonds is 6. The maximum atomic E-state index is 12.9. The van der Waals surface area contributed by atoms with Gasteiger partial charge in [0.05, 0.1) is 29.6 Å². The number of fused-ring (bicyclic) bond motifs is 1. The van der Waals surface area contributed by atoms with Crippen LogP contribution in [0.4, 0.5) is 0 Å². The number of hydrogen-bond acceptors (Lipinski definition) is 6. The lowest BCUT2D eigenvalue weighted by Gasteiger charge is -2.11. The summed E-state index contributed by atoms with van der Waals surface area (Å²) in [5.41, 5.74) is 4.12. The maximum absolute atomic E-state index is 12.9. The van der Waals surface area contributed by atoms with E-state index in [1.807, 2.05) is 50.2 Å². The number of hydrogen-bond donors (Lipinski definition) is 1.